The van der Waals surface area contributed by atoms with Gasteiger partial charge in [-0.1, -0.05) is 20.8 Å². The number of nitrogen functional groups attached to an aromatic ring is 1. The molecule has 0 spiro atoms. The van der Waals surface area contributed by atoms with E-state index < -0.39 is 26.6 Å². The zero-order chi connectivity index (χ0) is 15.0. The Labute approximate surface area is 112 Å². The molecule has 7 heteroatoms. The molecule has 0 amide bonds. The second-order valence-electron chi connectivity index (χ2n) is 5.64. The molecule has 1 rings (SSSR count). The van der Waals surface area contributed by atoms with Gasteiger partial charge in [-0.15, -0.1) is 0 Å². The molecule has 4 nitrogen and oxygen atoms in total. The Morgan fingerprint density at radius 1 is 1.21 bits per heavy atom. The van der Waals surface area contributed by atoms with Gasteiger partial charge in [-0.05, 0) is 17.5 Å². The second kappa shape index (κ2) is 5.05. The highest BCUT2D eigenvalue weighted by Gasteiger charge is 2.31. The summed E-state index contributed by atoms with van der Waals surface area (Å²) in [6, 6.07) is 1.59. The SMILES string of the molecule is CN(CC(C)(C)C)S(=O)(=O)c1c(F)cc(N)cc1F. The molecule has 0 bridgehead atoms. The van der Waals surface area contributed by atoms with Gasteiger partial charge in [-0.2, -0.15) is 0 Å². The minimum atomic E-state index is -4.22. The molecule has 0 atom stereocenters. The maximum Gasteiger partial charge on any atom is 0.248 e. The fourth-order valence-electron chi connectivity index (χ4n) is 1.73. The first-order valence-electron chi connectivity index (χ1n) is 5.66. The van der Waals surface area contributed by atoms with Gasteiger partial charge < -0.3 is 5.73 Å². The van der Waals surface area contributed by atoms with Crippen LogP contribution in [0.25, 0.3) is 0 Å². The van der Waals surface area contributed by atoms with Crippen LogP contribution in [-0.4, -0.2) is 26.3 Å². The minimum absolute atomic E-state index is 0.137. The van der Waals surface area contributed by atoms with Gasteiger partial charge in [0.15, 0.2) is 4.90 Å². The summed E-state index contributed by atoms with van der Waals surface area (Å²) in [4.78, 5) is -0.964. The quantitative estimate of drug-likeness (QED) is 0.869. The second-order valence-corrected chi connectivity index (χ2v) is 7.62. The van der Waals surface area contributed by atoms with Gasteiger partial charge in [0.25, 0.3) is 0 Å². The molecule has 19 heavy (non-hydrogen) atoms. The Morgan fingerprint density at radius 2 is 1.63 bits per heavy atom. The Hall–Kier alpha value is -1.21. The Kier molecular flexibility index (Phi) is 4.21. The number of nitrogens with two attached hydrogens (primary N) is 1. The topological polar surface area (TPSA) is 63.4 Å². The number of halogens is 2. The molecule has 0 saturated heterocycles. The van der Waals surface area contributed by atoms with E-state index in [4.69, 9.17) is 5.73 Å². The van der Waals surface area contributed by atoms with E-state index in [-0.39, 0.29) is 17.6 Å². The van der Waals surface area contributed by atoms with Crippen molar-refractivity contribution in [3.05, 3.63) is 23.8 Å². The van der Waals surface area contributed by atoms with Crippen molar-refractivity contribution in [1.29, 1.82) is 0 Å². The average Bonchev–Trinajstić information content (AvgIpc) is 2.11. The van der Waals surface area contributed by atoms with Crippen LogP contribution in [0, 0.1) is 17.0 Å². The lowest BCUT2D eigenvalue weighted by Crippen LogP contribution is -2.35. The van der Waals surface area contributed by atoms with Crippen molar-refractivity contribution in [2.75, 3.05) is 19.3 Å². The van der Waals surface area contributed by atoms with E-state index in [1.165, 1.54) is 7.05 Å². The number of sulfonamides is 1. The third-order valence-electron chi connectivity index (χ3n) is 2.39. The van der Waals surface area contributed by atoms with E-state index in [1.54, 1.807) is 0 Å². The van der Waals surface area contributed by atoms with Crippen molar-refractivity contribution in [3.63, 3.8) is 0 Å². The lowest BCUT2D eigenvalue weighted by molar-refractivity contribution is 0.309. The molecule has 0 saturated carbocycles. The smallest absolute Gasteiger partial charge is 0.248 e. The Balaban J connectivity index is 3.29. The first-order chi connectivity index (χ1) is 8.45. The van der Waals surface area contributed by atoms with Crippen LogP contribution in [0.4, 0.5) is 14.5 Å². The summed E-state index contributed by atoms with van der Waals surface area (Å²) in [6.45, 7) is 5.62. The standard InChI is InChI=1S/C12H18F2N2O2S/c1-12(2,3)7-16(4)19(17,18)11-9(13)5-8(15)6-10(11)14/h5-6H,7,15H2,1-4H3. The molecule has 0 aliphatic heterocycles. The predicted octanol–water partition coefficient (Wildman–Crippen LogP) is 2.21. The zero-order valence-electron chi connectivity index (χ0n) is 11.4. The molecule has 1 aromatic carbocycles. The number of rotatable bonds is 3. The van der Waals surface area contributed by atoms with E-state index in [2.05, 4.69) is 0 Å². The number of nitrogens with zero attached hydrogens (tertiary/aromatic N) is 1. The average molecular weight is 292 g/mol. The summed E-state index contributed by atoms with van der Waals surface area (Å²) in [5, 5.41) is 0. The summed E-state index contributed by atoms with van der Waals surface area (Å²) >= 11 is 0. The molecule has 0 aromatic heterocycles. The van der Waals surface area contributed by atoms with Gasteiger partial charge >= 0.3 is 0 Å². The lowest BCUT2D eigenvalue weighted by atomic mass is 9.97. The molecular formula is C12H18F2N2O2S. The maximum absolute atomic E-state index is 13.7. The van der Waals surface area contributed by atoms with Crippen molar-refractivity contribution in [3.8, 4) is 0 Å². The molecule has 0 aliphatic carbocycles. The van der Waals surface area contributed by atoms with E-state index in [0.717, 1.165) is 16.4 Å². The Morgan fingerprint density at radius 3 is 2.00 bits per heavy atom. The summed E-state index contributed by atoms with van der Waals surface area (Å²) in [5.74, 6) is -2.36. The largest absolute Gasteiger partial charge is 0.399 e. The van der Waals surface area contributed by atoms with E-state index in [1.807, 2.05) is 20.8 Å². The first-order valence-corrected chi connectivity index (χ1v) is 7.10. The predicted molar refractivity (Wildman–Crippen MR) is 70.0 cm³/mol. The van der Waals surface area contributed by atoms with Gasteiger partial charge in [-0.3, -0.25) is 0 Å². The first kappa shape index (κ1) is 15.8. The molecule has 1 aromatic rings. The highest BCUT2D eigenvalue weighted by Crippen LogP contribution is 2.26. The molecule has 0 fully saturated rings. The van der Waals surface area contributed by atoms with Crippen LogP contribution in [0.2, 0.25) is 0 Å². The van der Waals surface area contributed by atoms with E-state index in [0.29, 0.717) is 0 Å². The van der Waals surface area contributed by atoms with Crippen LogP contribution in [0.3, 0.4) is 0 Å². The molecular weight excluding hydrogens is 274 g/mol. The molecule has 0 aliphatic rings. The van der Waals surface area contributed by atoms with Crippen LogP contribution < -0.4 is 5.73 Å². The highest BCUT2D eigenvalue weighted by molar-refractivity contribution is 7.89. The van der Waals surface area contributed by atoms with Crippen LogP contribution in [0.5, 0.6) is 0 Å². The van der Waals surface area contributed by atoms with Gasteiger partial charge in [0.1, 0.15) is 11.6 Å². The number of hydrogen-bond donors (Lipinski definition) is 1. The third kappa shape index (κ3) is 3.63. The molecule has 2 N–H and O–H groups in total. The minimum Gasteiger partial charge on any atom is -0.399 e. The van der Waals surface area contributed by atoms with Crippen molar-refractivity contribution in [2.24, 2.45) is 5.41 Å². The van der Waals surface area contributed by atoms with E-state index in [9.17, 15) is 17.2 Å². The fourth-order valence-corrected chi connectivity index (χ4v) is 3.21. The van der Waals surface area contributed by atoms with E-state index >= 15 is 0 Å². The third-order valence-corrected chi connectivity index (χ3v) is 4.24. The summed E-state index contributed by atoms with van der Waals surface area (Å²) in [6.07, 6.45) is 0. The maximum atomic E-state index is 13.7. The van der Waals surface area contributed by atoms with Crippen LogP contribution in [0.1, 0.15) is 20.8 Å². The highest BCUT2D eigenvalue weighted by atomic mass is 32.2. The van der Waals surface area contributed by atoms with Crippen LogP contribution >= 0.6 is 0 Å². The van der Waals surface area contributed by atoms with Crippen molar-refractivity contribution < 1.29 is 17.2 Å². The summed E-state index contributed by atoms with van der Waals surface area (Å²) < 4.78 is 52.6. The van der Waals surface area contributed by atoms with Crippen molar-refractivity contribution in [2.45, 2.75) is 25.7 Å². The van der Waals surface area contributed by atoms with Crippen molar-refractivity contribution in [1.82, 2.24) is 4.31 Å². The molecule has 0 unspecified atom stereocenters. The van der Waals surface area contributed by atoms with Gasteiger partial charge in [-0.25, -0.2) is 21.5 Å². The number of anilines is 1. The summed E-state index contributed by atoms with van der Waals surface area (Å²) in [7, 11) is -2.93. The molecule has 0 heterocycles. The van der Waals surface area contributed by atoms with Gasteiger partial charge in [0.05, 0.1) is 0 Å². The number of hydrogen-bond acceptors (Lipinski definition) is 3. The fraction of sp³-hybridized carbons (Fsp3) is 0.500. The monoisotopic (exact) mass is 292 g/mol. The van der Waals surface area contributed by atoms with Crippen LogP contribution in [0.15, 0.2) is 17.0 Å². The summed E-state index contributed by atoms with van der Waals surface area (Å²) in [5.41, 5.74) is 4.77. The molecule has 108 valence electrons. The number of benzene rings is 1. The van der Waals surface area contributed by atoms with Crippen LogP contribution in [-0.2, 0) is 10.0 Å². The normalized spacial score (nSPS) is 13.0. The van der Waals surface area contributed by atoms with Gasteiger partial charge in [0, 0.05) is 19.3 Å². The zero-order valence-corrected chi connectivity index (χ0v) is 12.2. The Bertz CT molecular complexity index is 557. The van der Waals surface area contributed by atoms with Gasteiger partial charge in [0.2, 0.25) is 10.0 Å². The molecule has 0 radical (unpaired) electrons. The lowest BCUT2D eigenvalue weighted by Gasteiger charge is -2.26. The van der Waals surface area contributed by atoms with Crippen molar-refractivity contribution >= 4 is 15.7 Å².